The summed E-state index contributed by atoms with van der Waals surface area (Å²) < 4.78 is 24.4. The Morgan fingerprint density at radius 2 is 2.00 bits per heavy atom. The molecule has 1 aliphatic rings. The Balaban J connectivity index is 1.54. The fraction of sp³-hybridized carbons (Fsp3) is 0.273. The molecule has 2 N–H and O–H groups in total. The van der Waals surface area contributed by atoms with E-state index in [4.69, 9.17) is 9.15 Å². The number of carbonyl (C=O) groups is 2. The van der Waals surface area contributed by atoms with Crippen LogP contribution in [-0.4, -0.2) is 24.1 Å². The molecule has 1 aromatic heterocycles. The summed E-state index contributed by atoms with van der Waals surface area (Å²) in [7, 11) is 1.32. The minimum atomic E-state index is -1.37. The van der Waals surface area contributed by atoms with Crippen LogP contribution in [0.1, 0.15) is 34.7 Å². The van der Waals surface area contributed by atoms with E-state index in [-0.39, 0.29) is 17.7 Å². The molecule has 1 heterocycles. The van der Waals surface area contributed by atoms with Crippen molar-refractivity contribution in [2.45, 2.75) is 31.7 Å². The van der Waals surface area contributed by atoms with Crippen LogP contribution in [0.2, 0.25) is 0 Å². The second kappa shape index (κ2) is 7.58. The number of aliphatic carboxylic acids is 1. The molecule has 7 heteroatoms. The quantitative estimate of drug-likeness (QED) is 0.664. The lowest BCUT2D eigenvalue weighted by Gasteiger charge is -2.15. The molecule has 0 fully saturated rings. The number of methoxy groups -OCH3 is 1. The molecule has 1 unspecified atom stereocenters. The van der Waals surface area contributed by atoms with Crippen LogP contribution in [0.3, 0.4) is 0 Å². The van der Waals surface area contributed by atoms with Crippen LogP contribution >= 0.6 is 0 Å². The van der Waals surface area contributed by atoms with E-state index in [1.54, 1.807) is 0 Å². The number of hydrogen-bond donors (Lipinski definition) is 2. The first-order chi connectivity index (χ1) is 14.0. The minimum Gasteiger partial charge on any atom is -0.494 e. The first-order valence-electron chi connectivity index (χ1n) is 9.33. The van der Waals surface area contributed by atoms with Crippen LogP contribution in [0, 0.1) is 5.82 Å². The number of hydrogen-bond acceptors (Lipinski definition) is 4. The Kier molecular flexibility index (Phi) is 4.96. The molecule has 6 nitrogen and oxygen atoms in total. The summed E-state index contributed by atoms with van der Waals surface area (Å²) in [5.41, 5.74) is 4.07. The van der Waals surface area contributed by atoms with Gasteiger partial charge in [0.1, 0.15) is 5.58 Å². The van der Waals surface area contributed by atoms with Crippen LogP contribution in [0.15, 0.2) is 41.0 Å². The first kappa shape index (κ1) is 19.0. The lowest BCUT2D eigenvalue weighted by atomic mass is 10.0. The fourth-order valence-electron chi connectivity index (χ4n) is 3.82. The number of rotatable bonds is 6. The van der Waals surface area contributed by atoms with E-state index in [1.807, 2.05) is 6.07 Å². The molecule has 1 aliphatic carbocycles. The van der Waals surface area contributed by atoms with E-state index < -0.39 is 23.7 Å². The standard InChI is InChI=1S/C22H20FNO5/c1-28-18-6-5-14(8-17(18)23)21(22(26)27)24-20(25)10-15-11-29-19-9-13-4-2-3-12(13)7-16(15)19/h5-9,11,21H,2-4,10H2,1H3,(H,24,25)(H,26,27). The molecular formula is C22H20FNO5. The summed E-state index contributed by atoms with van der Waals surface area (Å²) in [6.07, 6.45) is 4.64. The lowest BCUT2D eigenvalue weighted by Crippen LogP contribution is -2.34. The molecule has 0 radical (unpaired) electrons. The highest BCUT2D eigenvalue weighted by Gasteiger charge is 2.24. The number of carbonyl (C=O) groups excluding carboxylic acids is 1. The second-order valence-electron chi connectivity index (χ2n) is 7.14. The first-order valence-corrected chi connectivity index (χ1v) is 9.33. The third-order valence-electron chi connectivity index (χ3n) is 5.28. The van der Waals surface area contributed by atoms with Gasteiger partial charge >= 0.3 is 5.97 Å². The molecule has 1 atom stereocenters. The van der Waals surface area contributed by atoms with Gasteiger partial charge in [0.05, 0.1) is 19.8 Å². The van der Waals surface area contributed by atoms with Gasteiger partial charge in [-0.25, -0.2) is 9.18 Å². The van der Waals surface area contributed by atoms with Crippen molar-refractivity contribution >= 4 is 22.8 Å². The van der Waals surface area contributed by atoms with Crippen LogP contribution in [0.4, 0.5) is 4.39 Å². The number of carboxylic acids is 1. The summed E-state index contributed by atoms with van der Waals surface area (Å²) >= 11 is 0. The topological polar surface area (TPSA) is 88.8 Å². The zero-order chi connectivity index (χ0) is 20.5. The Bertz CT molecular complexity index is 1100. The van der Waals surface area contributed by atoms with Gasteiger partial charge in [-0.1, -0.05) is 6.07 Å². The Morgan fingerprint density at radius 1 is 1.24 bits per heavy atom. The van der Waals surface area contributed by atoms with Crippen LogP contribution in [-0.2, 0) is 28.9 Å². The number of benzene rings is 2. The highest BCUT2D eigenvalue weighted by molar-refractivity contribution is 5.90. The number of aryl methyl sites for hydroxylation is 2. The van der Waals surface area contributed by atoms with E-state index >= 15 is 0 Å². The van der Waals surface area contributed by atoms with Crippen molar-refractivity contribution in [2.75, 3.05) is 7.11 Å². The van der Waals surface area contributed by atoms with Crippen LogP contribution < -0.4 is 10.1 Å². The van der Waals surface area contributed by atoms with Gasteiger partial charge in [-0.2, -0.15) is 0 Å². The number of ether oxygens (including phenoxy) is 1. The molecule has 0 aliphatic heterocycles. The maximum Gasteiger partial charge on any atom is 0.330 e. The Hall–Kier alpha value is -3.35. The van der Waals surface area contributed by atoms with Crippen LogP contribution in [0.25, 0.3) is 11.0 Å². The highest BCUT2D eigenvalue weighted by Crippen LogP contribution is 2.30. The number of carboxylic acid groups (broad SMARTS) is 1. The zero-order valence-electron chi connectivity index (χ0n) is 15.8. The highest BCUT2D eigenvalue weighted by atomic mass is 19.1. The average Bonchev–Trinajstić information content (AvgIpc) is 3.30. The van der Waals surface area contributed by atoms with Gasteiger partial charge in [0.25, 0.3) is 0 Å². The number of nitrogens with one attached hydrogen (secondary N) is 1. The molecule has 0 spiro atoms. The minimum absolute atomic E-state index is 0.00149. The number of amides is 1. The summed E-state index contributed by atoms with van der Waals surface area (Å²) in [4.78, 5) is 24.2. The molecule has 2 aromatic carbocycles. The Labute approximate surface area is 166 Å². The van der Waals surface area contributed by atoms with Crippen molar-refractivity contribution in [3.05, 3.63) is 64.7 Å². The molecule has 3 aromatic rings. The number of fused-ring (bicyclic) bond motifs is 2. The third kappa shape index (κ3) is 3.68. The smallest absolute Gasteiger partial charge is 0.330 e. The van der Waals surface area contributed by atoms with Gasteiger partial charge in [-0.05, 0) is 60.2 Å². The SMILES string of the molecule is COc1ccc(C(NC(=O)Cc2coc3cc4c(cc23)CCC4)C(=O)O)cc1F. The van der Waals surface area contributed by atoms with E-state index in [0.29, 0.717) is 5.56 Å². The maximum atomic E-state index is 14.0. The maximum absolute atomic E-state index is 14.0. The van der Waals surface area contributed by atoms with Crippen molar-refractivity contribution < 1.29 is 28.2 Å². The second-order valence-corrected chi connectivity index (χ2v) is 7.14. The van der Waals surface area contributed by atoms with Crippen LogP contribution in [0.5, 0.6) is 5.75 Å². The van der Waals surface area contributed by atoms with Gasteiger partial charge in [-0.3, -0.25) is 4.79 Å². The predicted molar refractivity (Wildman–Crippen MR) is 103 cm³/mol. The largest absolute Gasteiger partial charge is 0.494 e. The summed E-state index contributed by atoms with van der Waals surface area (Å²) in [6.45, 7) is 0. The van der Waals surface area contributed by atoms with E-state index in [2.05, 4.69) is 11.4 Å². The third-order valence-corrected chi connectivity index (χ3v) is 5.28. The molecule has 0 saturated heterocycles. The molecule has 4 rings (SSSR count). The normalized spacial score (nSPS) is 13.9. The van der Waals surface area contributed by atoms with E-state index in [1.165, 1.54) is 36.6 Å². The monoisotopic (exact) mass is 397 g/mol. The van der Waals surface area contributed by atoms with E-state index in [9.17, 15) is 19.1 Å². The van der Waals surface area contributed by atoms with Crippen molar-refractivity contribution in [1.29, 1.82) is 0 Å². The van der Waals surface area contributed by atoms with E-state index in [0.717, 1.165) is 36.3 Å². The molecule has 0 saturated carbocycles. The summed E-state index contributed by atoms with van der Waals surface area (Å²) in [5.74, 6) is -2.46. The van der Waals surface area contributed by atoms with Crippen molar-refractivity contribution in [3.63, 3.8) is 0 Å². The summed E-state index contributed by atoms with van der Waals surface area (Å²) in [5, 5.41) is 12.8. The van der Waals surface area contributed by atoms with Gasteiger partial charge in [0.15, 0.2) is 17.6 Å². The molecule has 29 heavy (non-hydrogen) atoms. The predicted octanol–water partition coefficient (Wildman–Crippen LogP) is 3.55. The zero-order valence-corrected chi connectivity index (χ0v) is 15.8. The number of furan rings is 1. The van der Waals surface area contributed by atoms with Crippen molar-refractivity contribution in [2.24, 2.45) is 0 Å². The summed E-state index contributed by atoms with van der Waals surface area (Å²) in [6, 6.07) is 6.49. The molecule has 1 amide bonds. The Morgan fingerprint density at radius 3 is 2.69 bits per heavy atom. The van der Waals surface area contributed by atoms with Gasteiger partial charge in [0, 0.05) is 10.9 Å². The fourth-order valence-corrected chi connectivity index (χ4v) is 3.82. The van der Waals surface area contributed by atoms with Crippen molar-refractivity contribution in [1.82, 2.24) is 5.32 Å². The van der Waals surface area contributed by atoms with Gasteiger partial charge in [-0.15, -0.1) is 0 Å². The molecule has 0 bridgehead atoms. The van der Waals surface area contributed by atoms with Crippen molar-refractivity contribution in [3.8, 4) is 5.75 Å². The average molecular weight is 397 g/mol. The number of halogens is 1. The molecule has 150 valence electrons. The molecular weight excluding hydrogens is 377 g/mol. The van der Waals surface area contributed by atoms with Gasteiger partial charge < -0.3 is 19.6 Å². The lowest BCUT2D eigenvalue weighted by molar-refractivity contribution is -0.141. The van der Waals surface area contributed by atoms with Gasteiger partial charge in [0.2, 0.25) is 5.91 Å².